The Morgan fingerprint density at radius 1 is 0.741 bits per heavy atom. The molecule has 2 aliphatic rings. The number of hydrogen-bond donors (Lipinski definition) is 0. The minimum absolute atomic E-state index is 0.0463. The van der Waals surface area contributed by atoms with Crippen LogP contribution in [0.3, 0.4) is 0 Å². The van der Waals surface area contributed by atoms with Crippen molar-refractivity contribution < 1.29 is 16.8 Å². The van der Waals surface area contributed by atoms with Gasteiger partial charge in [0, 0.05) is 11.5 Å². The first-order valence-corrected chi connectivity index (χ1v) is 18.5. The molecule has 0 saturated carbocycles. The van der Waals surface area contributed by atoms with Crippen LogP contribution >= 0.6 is 0 Å². The molecule has 2 rings (SSSR count). The molecular formula is C18H36O4S4Sn. The van der Waals surface area contributed by atoms with Gasteiger partial charge < -0.3 is 25.3 Å². The Labute approximate surface area is 189 Å². The Morgan fingerprint density at radius 3 is 1.22 bits per heavy atom. The average Bonchev–Trinajstić information content (AvgIpc) is 2.92. The maximum absolute atomic E-state index is 10.8. The van der Waals surface area contributed by atoms with E-state index in [2.05, 4.69) is 13.8 Å². The number of hydrogen-bond acceptors (Lipinski definition) is 6. The summed E-state index contributed by atoms with van der Waals surface area (Å²) in [5.41, 5.74) is 0. The van der Waals surface area contributed by atoms with Crippen LogP contribution in [0.25, 0.3) is 0 Å². The van der Waals surface area contributed by atoms with Crippen LogP contribution in [0.4, 0.5) is 0 Å². The predicted octanol–water partition coefficient (Wildman–Crippen LogP) is 3.06. The molecule has 2 heterocycles. The third-order valence-corrected chi connectivity index (χ3v) is 14.1. The summed E-state index contributed by atoms with van der Waals surface area (Å²) in [4.78, 5) is 0. The molecule has 0 N–H and O–H groups in total. The summed E-state index contributed by atoms with van der Waals surface area (Å²) < 4.78 is 46.4. The molecule has 160 valence electrons. The molecule has 4 nitrogen and oxygen atoms in total. The maximum atomic E-state index is 10.8. The number of sulfone groups is 2. The molecule has 2 aliphatic heterocycles. The molecule has 2 fully saturated rings. The van der Waals surface area contributed by atoms with Gasteiger partial charge in [-0.1, -0.05) is 13.8 Å². The SMILES string of the molecule is CC1CS(=O)(=O)CC1[S-].CC1CS(=O)(=O)CC1[S-].CCC[CH2][Sn+2][CH2]CCC. The molecule has 4 unspecified atom stereocenters. The van der Waals surface area contributed by atoms with Gasteiger partial charge in [-0.15, -0.1) is 10.5 Å². The van der Waals surface area contributed by atoms with Gasteiger partial charge in [0.25, 0.3) is 0 Å². The van der Waals surface area contributed by atoms with Gasteiger partial charge in [0.15, 0.2) is 0 Å². The first kappa shape index (κ1) is 28.4. The number of unbranched alkanes of at least 4 members (excludes halogenated alkanes) is 2. The topological polar surface area (TPSA) is 68.3 Å². The summed E-state index contributed by atoms with van der Waals surface area (Å²) in [6.07, 6.45) is 5.84. The van der Waals surface area contributed by atoms with Gasteiger partial charge in [-0.25, -0.2) is 16.8 Å². The van der Waals surface area contributed by atoms with Crippen molar-refractivity contribution in [3.05, 3.63) is 0 Å². The molecule has 0 spiro atoms. The van der Waals surface area contributed by atoms with Crippen molar-refractivity contribution in [3.8, 4) is 0 Å². The van der Waals surface area contributed by atoms with Crippen molar-refractivity contribution in [2.24, 2.45) is 11.8 Å². The van der Waals surface area contributed by atoms with Crippen molar-refractivity contribution >= 4 is 66.1 Å². The van der Waals surface area contributed by atoms with Crippen LogP contribution in [0.15, 0.2) is 0 Å². The summed E-state index contributed by atoms with van der Waals surface area (Å²) in [5.74, 6) is 1.38. The normalized spacial score (nSPS) is 30.4. The second kappa shape index (κ2) is 14.4. The van der Waals surface area contributed by atoms with Crippen LogP contribution < -0.4 is 0 Å². The second-order valence-corrected chi connectivity index (χ2v) is 17.4. The van der Waals surface area contributed by atoms with Gasteiger partial charge in [0.2, 0.25) is 0 Å². The van der Waals surface area contributed by atoms with Gasteiger partial charge in [0.1, 0.15) is 19.7 Å². The molecule has 0 aromatic rings. The molecule has 4 atom stereocenters. The molecule has 27 heavy (non-hydrogen) atoms. The van der Waals surface area contributed by atoms with Crippen LogP contribution in [-0.4, -0.2) is 71.5 Å². The van der Waals surface area contributed by atoms with Crippen molar-refractivity contribution in [3.63, 3.8) is 0 Å². The van der Waals surface area contributed by atoms with E-state index < -0.39 is 19.7 Å². The Hall–Kier alpha value is 1.40. The molecule has 2 saturated heterocycles. The average molecular weight is 563 g/mol. The van der Waals surface area contributed by atoms with E-state index in [1.807, 2.05) is 13.8 Å². The number of rotatable bonds is 6. The van der Waals surface area contributed by atoms with Crippen LogP contribution in [0.2, 0.25) is 8.87 Å². The van der Waals surface area contributed by atoms with Gasteiger partial charge in [-0.2, -0.15) is 0 Å². The van der Waals surface area contributed by atoms with Gasteiger partial charge in [-0.05, 0) is 11.8 Å². The second-order valence-electron chi connectivity index (χ2n) is 7.64. The third-order valence-electron chi connectivity index (χ3n) is 4.55. The summed E-state index contributed by atoms with van der Waals surface area (Å²) >= 11 is 9.94. The van der Waals surface area contributed by atoms with Gasteiger partial charge >= 0.3 is 69.5 Å². The molecule has 0 radical (unpaired) electrons. The minimum atomic E-state index is -2.75. The monoisotopic (exact) mass is 564 g/mol. The van der Waals surface area contributed by atoms with Crippen molar-refractivity contribution in [2.45, 2.75) is 72.8 Å². The summed E-state index contributed by atoms with van der Waals surface area (Å²) in [5, 5.41) is -0.0926. The van der Waals surface area contributed by atoms with E-state index in [0.717, 1.165) is 0 Å². The van der Waals surface area contributed by atoms with E-state index in [-0.39, 0.29) is 55.0 Å². The fourth-order valence-electron chi connectivity index (χ4n) is 2.71. The van der Waals surface area contributed by atoms with Crippen LogP contribution in [0, 0.1) is 11.8 Å². The quantitative estimate of drug-likeness (QED) is 0.281. The first-order chi connectivity index (χ1) is 12.4. The summed E-state index contributed by atoms with van der Waals surface area (Å²) in [7, 11) is -5.50. The van der Waals surface area contributed by atoms with E-state index in [9.17, 15) is 16.8 Å². The summed E-state index contributed by atoms with van der Waals surface area (Å²) in [6.45, 7) is 8.36. The zero-order valence-corrected chi connectivity index (χ0v) is 23.3. The molecule has 0 bridgehead atoms. The Kier molecular flexibility index (Phi) is 15.2. The third kappa shape index (κ3) is 14.1. The fourth-order valence-corrected chi connectivity index (χ4v) is 12.5. The van der Waals surface area contributed by atoms with E-state index in [4.69, 9.17) is 25.3 Å². The van der Waals surface area contributed by atoms with Crippen LogP contribution in [-0.2, 0) is 44.9 Å². The molecule has 0 aliphatic carbocycles. The molecule has 0 aromatic heterocycles. The van der Waals surface area contributed by atoms with E-state index in [0.29, 0.717) is 11.5 Å². The molecule has 9 heteroatoms. The van der Waals surface area contributed by atoms with Crippen LogP contribution in [0.5, 0.6) is 0 Å². The van der Waals surface area contributed by atoms with E-state index in [1.165, 1.54) is 25.7 Å². The van der Waals surface area contributed by atoms with Crippen LogP contribution in [0.1, 0.15) is 53.4 Å². The van der Waals surface area contributed by atoms with Crippen molar-refractivity contribution in [1.29, 1.82) is 0 Å². The first-order valence-electron chi connectivity index (χ1n) is 9.87. The Bertz CT molecular complexity index is 508. The molecule has 0 amide bonds. The van der Waals surface area contributed by atoms with Gasteiger partial charge in [-0.3, -0.25) is 0 Å². The Morgan fingerprint density at radius 2 is 1.07 bits per heavy atom. The van der Waals surface area contributed by atoms with Crippen molar-refractivity contribution in [2.75, 3.05) is 23.0 Å². The standard InChI is InChI=1S/2C5H10O2S2.2C4H9.Sn/c2*1-4-2-9(6,7)3-5(4)8;2*1-3-4-2;/h2*4-5,8H,2-3H2,1H3;2*1,3-4H2,2H3;/q;;;;+2/p-2. The van der Waals surface area contributed by atoms with Gasteiger partial charge in [0.05, 0.1) is 11.5 Å². The Balaban J connectivity index is 0.000000376. The summed E-state index contributed by atoms with van der Waals surface area (Å²) in [6, 6.07) is 0. The molecular weight excluding hydrogens is 527 g/mol. The predicted molar refractivity (Wildman–Crippen MR) is 123 cm³/mol. The fraction of sp³-hybridized carbons (Fsp3) is 1.00. The van der Waals surface area contributed by atoms with E-state index >= 15 is 0 Å². The zero-order valence-electron chi connectivity index (χ0n) is 17.1. The molecule has 0 aromatic carbocycles. The zero-order chi connectivity index (χ0) is 21.1. The van der Waals surface area contributed by atoms with E-state index in [1.54, 1.807) is 8.87 Å². The van der Waals surface area contributed by atoms with Crippen molar-refractivity contribution in [1.82, 2.24) is 0 Å².